The Morgan fingerprint density at radius 2 is 1.85 bits per heavy atom. The number of benzene rings is 2. The first-order chi connectivity index (χ1) is 13.0. The van der Waals surface area contributed by atoms with Crippen LogP contribution in [0.4, 0.5) is 11.8 Å². The van der Waals surface area contributed by atoms with Gasteiger partial charge in [-0.15, -0.1) is 0 Å². The molecule has 0 aliphatic carbocycles. The molecule has 134 valence electrons. The molecule has 3 aromatic rings. The second-order valence-corrected chi connectivity index (χ2v) is 5.58. The van der Waals surface area contributed by atoms with Crippen LogP contribution in [0.25, 0.3) is 22.4 Å². The number of para-hydroxylation sites is 1. The molecule has 5 N–H and O–H groups in total. The molecular formula is C19H15N5O3. The van der Waals surface area contributed by atoms with Gasteiger partial charge in [0.15, 0.2) is 0 Å². The molecule has 0 fully saturated rings. The van der Waals surface area contributed by atoms with E-state index in [1.54, 1.807) is 42.5 Å². The average molecular weight is 361 g/mol. The molecule has 0 atom stereocenters. The van der Waals surface area contributed by atoms with Gasteiger partial charge >= 0.3 is 5.97 Å². The molecule has 1 aromatic heterocycles. The van der Waals surface area contributed by atoms with Gasteiger partial charge in [0.25, 0.3) is 0 Å². The maximum absolute atomic E-state index is 11.8. The number of carbonyl (C=O) groups excluding carboxylic acids is 1. The highest BCUT2D eigenvalue weighted by atomic mass is 16.5. The Morgan fingerprint density at radius 1 is 1.15 bits per heavy atom. The van der Waals surface area contributed by atoms with Gasteiger partial charge in [-0.1, -0.05) is 24.3 Å². The van der Waals surface area contributed by atoms with Crippen molar-refractivity contribution in [3.8, 4) is 34.2 Å². The van der Waals surface area contributed by atoms with Crippen LogP contribution in [0.15, 0.2) is 42.5 Å². The summed E-state index contributed by atoms with van der Waals surface area (Å²) >= 11 is 0. The number of nitrogens with zero attached hydrogens (tertiary/aromatic N) is 3. The van der Waals surface area contributed by atoms with Crippen LogP contribution < -0.4 is 11.5 Å². The number of nitrogen functional groups attached to an aromatic ring is 2. The van der Waals surface area contributed by atoms with E-state index in [-0.39, 0.29) is 34.3 Å². The van der Waals surface area contributed by atoms with Crippen LogP contribution >= 0.6 is 0 Å². The van der Waals surface area contributed by atoms with Crippen molar-refractivity contribution < 1.29 is 14.6 Å². The van der Waals surface area contributed by atoms with Crippen LogP contribution in [0.2, 0.25) is 0 Å². The zero-order valence-corrected chi connectivity index (χ0v) is 14.3. The molecule has 0 aliphatic heterocycles. The predicted octanol–water partition coefficient (Wildman–Crippen LogP) is 2.34. The van der Waals surface area contributed by atoms with E-state index < -0.39 is 5.97 Å². The van der Waals surface area contributed by atoms with Crippen molar-refractivity contribution >= 4 is 17.7 Å². The Labute approximate surface area is 154 Å². The van der Waals surface area contributed by atoms with Crippen molar-refractivity contribution in [2.24, 2.45) is 0 Å². The van der Waals surface area contributed by atoms with Crippen LogP contribution in [-0.2, 0) is 4.74 Å². The highest BCUT2D eigenvalue weighted by Gasteiger charge is 2.19. The first kappa shape index (κ1) is 17.7. The largest absolute Gasteiger partial charge is 0.507 e. The van der Waals surface area contributed by atoms with Gasteiger partial charge < -0.3 is 21.3 Å². The smallest absolute Gasteiger partial charge is 0.337 e. The summed E-state index contributed by atoms with van der Waals surface area (Å²) in [4.78, 5) is 19.6. The Balaban J connectivity index is 2.20. The lowest BCUT2D eigenvalue weighted by Gasteiger charge is -2.12. The predicted molar refractivity (Wildman–Crippen MR) is 99.4 cm³/mol. The summed E-state index contributed by atoms with van der Waals surface area (Å²) in [6, 6.07) is 13.5. The minimum Gasteiger partial charge on any atom is -0.507 e. The summed E-state index contributed by atoms with van der Waals surface area (Å²) in [5, 5.41) is 20.2. The standard InChI is InChI=1S/C19H15N5O3/c1-27-18(26)11-5-2-4-10(8-11)12-6-3-7-13(16(12)25)15-14(9-20)17(21)24-19(22)23-15/h2-8,25H,1H3,(H4,21,22,23,24). The number of phenolic OH excluding ortho intramolecular Hbond substituents is 1. The topological polar surface area (TPSA) is 148 Å². The molecule has 0 unspecified atom stereocenters. The summed E-state index contributed by atoms with van der Waals surface area (Å²) in [6.07, 6.45) is 0. The van der Waals surface area contributed by atoms with Crippen LogP contribution in [0.1, 0.15) is 15.9 Å². The van der Waals surface area contributed by atoms with Crippen LogP contribution in [0, 0.1) is 11.3 Å². The molecule has 0 aliphatic rings. The van der Waals surface area contributed by atoms with Crippen molar-refractivity contribution in [3.05, 3.63) is 53.6 Å². The number of anilines is 2. The molecule has 0 radical (unpaired) electrons. The highest BCUT2D eigenvalue weighted by Crippen LogP contribution is 2.39. The quantitative estimate of drug-likeness (QED) is 0.602. The van der Waals surface area contributed by atoms with E-state index in [1.807, 2.05) is 6.07 Å². The zero-order valence-electron chi connectivity index (χ0n) is 14.3. The van der Waals surface area contributed by atoms with E-state index in [1.165, 1.54) is 7.11 Å². The maximum atomic E-state index is 11.8. The van der Waals surface area contributed by atoms with E-state index in [0.717, 1.165) is 0 Å². The van der Waals surface area contributed by atoms with Crippen molar-refractivity contribution in [3.63, 3.8) is 0 Å². The van der Waals surface area contributed by atoms with E-state index in [2.05, 4.69) is 9.97 Å². The summed E-state index contributed by atoms with van der Waals surface area (Å²) in [6.45, 7) is 0. The number of esters is 1. The molecule has 0 amide bonds. The fourth-order valence-corrected chi connectivity index (χ4v) is 2.70. The molecule has 8 nitrogen and oxygen atoms in total. The Hall–Kier alpha value is -4.12. The van der Waals surface area contributed by atoms with Crippen molar-refractivity contribution in [1.82, 2.24) is 9.97 Å². The van der Waals surface area contributed by atoms with Crippen molar-refractivity contribution in [2.75, 3.05) is 18.6 Å². The number of aromatic nitrogens is 2. The monoisotopic (exact) mass is 361 g/mol. The van der Waals surface area contributed by atoms with Gasteiger partial charge in [0.1, 0.15) is 23.2 Å². The molecule has 0 saturated heterocycles. The number of phenols is 1. The lowest BCUT2D eigenvalue weighted by Crippen LogP contribution is -2.05. The normalized spacial score (nSPS) is 10.2. The Kier molecular flexibility index (Phi) is 4.60. The first-order valence-electron chi connectivity index (χ1n) is 7.80. The number of aromatic hydroxyl groups is 1. The lowest BCUT2D eigenvalue weighted by molar-refractivity contribution is 0.0601. The number of hydrogen-bond acceptors (Lipinski definition) is 8. The first-order valence-corrected chi connectivity index (χ1v) is 7.80. The van der Waals surface area contributed by atoms with Crippen LogP contribution in [0.3, 0.4) is 0 Å². The Morgan fingerprint density at radius 3 is 2.56 bits per heavy atom. The second-order valence-electron chi connectivity index (χ2n) is 5.58. The summed E-state index contributed by atoms with van der Waals surface area (Å²) < 4.78 is 4.72. The third kappa shape index (κ3) is 3.21. The lowest BCUT2D eigenvalue weighted by atomic mass is 9.97. The number of carbonyl (C=O) groups is 1. The van der Waals surface area contributed by atoms with Gasteiger partial charge in [-0.05, 0) is 23.8 Å². The van der Waals surface area contributed by atoms with Gasteiger partial charge in [-0.2, -0.15) is 10.2 Å². The number of rotatable bonds is 3. The van der Waals surface area contributed by atoms with Crippen LogP contribution in [0.5, 0.6) is 5.75 Å². The Bertz CT molecular complexity index is 1090. The number of nitriles is 1. The van der Waals surface area contributed by atoms with Gasteiger partial charge in [0.2, 0.25) is 5.95 Å². The highest BCUT2D eigenvalue weighted by molar-refractivity contribution is 5.92. The summed E-state index contributed by atoms with van der Waals surface area (Å²) in [5.41, 5.74) is 13.2. The number of nitrogens with two attached hydrogens (primary N) is 2. The SMILES string of the molecule is COC(=O)c1cccc(-c2cccc(-c3nc(N)nc(N)c3C#N)c2O)c1. The van der Waals surface area contributed by atoms with Gasteiger partial charge in [0.05, 0.1) is 18.4 Å². The second kappa shape index (κ2) is 7.01. The fourth-order valence-electron chi connectivity index (χ4n) is 2.70. The molecule has 0 saturated carbocycles. The van der Waals surface area contributed by atoms with Gasteiger partial charge in [-0.3, -0.25) is 0 Å². The summed E-state index contributed by atoms with van der Waals surface area (Å²) in [7, 11) is 1.29. The third-order valence-electron chi connectivity index (χ3n) is 3.95. The molecule has 8 heteroatoms. The third-order valence-corrected chi connectivity index (χ3v) is 3.95. The fraction of sp³-hybridized carbons (Fsp3) is 0.0526. The molecular weight excluding hydrogens is 346 g/mol. The van der Waals surface area contributed by atoms with Gasteiger partial charge in [-0.25, -0.2) is 9.78 Å². The number of methoxy groups -OCH3 is 1. The maximum Gasteiger partial charge on any atom is 0.337 e. The van der Waals surface area contributed by atoms with E-state index in [9.17, 15) is 15.2 Å². The number of hydrogen-bond donors (Lipinski definition) is 3. The van der Waals surface area contributed by atoms with E-state index in [4.69, 9.17) is 16.2 Å². The zero-order chi connectivity index (χ0) is 19.6. The molecule has 0 bridgehead atoms. The van der Waals surface area contributed by atoms with Crippen molar-refractivity contribution in [2.45, 2.75) is 0 Å². The molecule has 1 heterocycles. The van der Waals surface area contributed by atoms with E-state index in [0.29, 0.717) is 16.7 Å². The molecule has 27 heavy (non-hydrogen) atoms. The molecule has 0 spiro atoms. The van der Waals surface area contributed by atoms with Gasteiger partial charge in [0, 0.05) is 11.1 Å². The van der Waals surface area contributed by atoms with E-state index >= 15 is 0 Å². The summed E-state index contributed by atoms with van der Waals surface area (Å²) in [5.74, 6) is -0.805. The minimum absolute atomic E-state index is 0.0139. The minimum atomic E-state index is -0.490. The van der Waals surface area contributed by atoms with Crippen molar-refractivity contribution in [1.29, 1.82) is 5.26 Å². The van der Waals surface area contributed by atoms with Crippen LogP contribution in [-0.4, -0.2) is 28.2 Å². The average Bonchev–Trinajstić information content (AvgIpc) is 2.67. The molecule has 2 aromatic carbocycles. The number of ether oxygens (including phenoxy) is 1. The molecule has 3 rings (SSSR count).